The fraction of sp³-hybridized carbons (Fsp3) is 0.818. The number of morpholine rings is 1. The van der Waals surface area contributed by atoms with Crippen molar-refractivity contribution in [2.24, 2.45) is 0 Å². The van der Waals surface area contributed by atoms with Crippen LogP contribution in [0.4, 0.5) is 4.79 Å². The summed E-state index contributed by atoms with van der Waals surface area (Å²) in [6, 6.07) is -0.149. The molecule has 0 aromatic heterocycles. The fourth-order valence-corrected chi connectivity index (χ4v) is 1.90. The normalized spacial score (nSPS) is 20.1. The molecule has 0 spiro atoms. The number of nitrogens with zero attached hydrogens (tertiary/aromatic N) is 2. The van der Waals surface area contributed by atoms with Crippen molar-refractivity contribution in [3.63, 3.8) is 0 Å². The summed E-state index contributed by atoms with van der Waals surface area (Å²) in [5.74, 6) is -0.985. The van der Waals surface area contributed by atoms with Crippen LogP contribution in [0.25, 0.3) is 0 Å². The summed E-state index contributed by atoms with van der Waals surface area (Å²) < 4.78 is 5.32. The highest BCUT2D eigenvalue weighted by Gasteiger charge is 2.29. The Morgan fingerprint density at radius 3 is 2.71 bits per heavy atom. The first kappa shape index (κ1) is 13.8. The van der Waals surface area contributed by atoms with E-state index < -0.39 is 5.97 Å². The average Bonchev–Trinajstić information content (AvgIpc) is 2.34. The van der Waals surface area contributed by atoms with Crippen LogP contribution in [0.5, 0.6) is 0 Å². The van der Waals surface area contributed by atoms with Crippen molar-refractivity contribution in [1.82, 2.24) is 9.80 Å². The molecular weight excluding hydrogens is 224 g/mol. The highest BCUT2D eigenvalue weighted by molar-refractivity contribution is 5.80. The van der Waals surface area contributed by atoms with Crippen molar-refractivity contribution >= 4 is 12.0 Å². The lowest BCUT2D eigenvalue weighted by Gasteiger charge is -2.37. The Morgan fingerprint density at radius 2 is 2.18 bits per heavy atom. The van der Waals surface area contributed by atoms with Gasteiger partial charge in [0.25, 0.3) is 0 Å². The third kappa shape index (κ3) is 3.59. The van der Waals surface area contributed by atoms with Gasteiger partial charge in [-0.05, 0) is 13.3 Å². The second-order valence-electron chi connectivity index (χ2n) is 4.02. The number of ether oxygens (including phenoxy) is 1. The smallest absolute Gasteiger partial charge is 0.323 e. The summed E-state index contributed by atoms with van der Waals surface area (Å²) in [6.07, 6.45) is 0.816. The van der Waals surface area contributed by atoms with Crippen LogP contribution in [0.3, 0.4) is 0 Å². The molecule has 1 saturated heterocycles. The van der Waals surface area contributed by atoms with Gasteiger partial charge >= 0.3 is 12.0 Å². The summed E-state index contributed by atoms with van der Waals surface area (Å²) in [7, 11) is 0. The number of hydrogen-bond acceptors (Lipinski definition) is 3. The second kappa shape index (κ2) is 6.44. The van der Waals surface area contributed by atoms with E-state index in [1.165, 1.54) is 4.90 Å². The molecule has 0 aromatic carbocycles. The SMILES string of the molecule is CCC1COCCN1C(=O)N(CC)CC(=O)O. The van der Waals surface area contributed by atoms with Crippen molar-refractivity contribution < 1.29 is 19.4 Å². The lowest BCUT2D eigenvalue weighted by molar-refractivity contribution is -0.137. The van der Waals surface area contributed by atoms with Crippen molar-refractivity contribution in [2.75, 3.05) is 32.8 Å². The van der Waals surface area contributed by atoms with Crippen molar-refractivity contribution in [1.29, 1.82) is 0 Å². The van der Waals surface area contributed by atoms with Gasteiger partial charge in [-0.15, -0.1) is 0 Å². The Morgan fingerprint density at radius 1 is 1.47 bits per heavy atom. The molecule has 0 radical (unpaired) electrons. The third-order valence-corrected chi connectivity index (χ3v) is 2.92. The molecule has 1 aliphatic heterocycles. The molecule has 17 heavy (non-hydrogen) atoms. The van der Waals surface area contributed by atoms with E-state index in [4.69, 9.17) is 9.84 Å². The van der Waals surface area contributed by atoms with Gasteiger partial charge in [-0.25, -0.2) is 4.79 Å². The minimum Gasteiger partial charge on any atom is -0.480 e. The zero-order valence-electron chi connectivity index (χ0n) is 10.4. The maximum Gasteiger partial charge on any atom is 0.323 e. The Hall–Kier alpha value is -1.30. The van der Waals surface area contributed by atoms with E-state index in [9.17, 15) is 9.59 Å². The molecule has 1 heterocycles. The van der Waals surface area contributed by atoms with Crippen LogP contribution in [0.15, 0.2) is 0 Å². The predicted octanol–water partition coefficient (Wildman–Crippen LogP) is 0.624. The molecule has 6 heteroatoms. The van der Waals surface area contributed by atoms with Crippen molar-refractivity contribution in [2.45, 2.75) is 26.3 Å². The van der Waals surface area contributed by atoms with E-state index in [1.54, 1.807) is 11.8 Å². The summed E-state index contributed by atoms with van der Waals surface area (Å²) in [5, 5.41) is 8.75. The number of urea groups is 1. The van der Waals surface area contributed by atoms with E-state index in [1.807, 2.05) is 6.92 Å². The maximum absolute atomic E-state index is 12.2. The largest absolute Gasteiger partial charge is 0.480 e. The molecule has 6 nitrogen and oxygen atoms in total. The molecule has 1 aliphatic rings. The lowest BCUT2D eigenvalue weighted by atomic mass is 10.2. The van der Waals surface area contributed by atoms with Crippen LogP contribution in [0.2, 0.25) is 0 Å². The molecule has 0 aliphatic carbocycles. The Kier molecular flexibility index (Phi) is 5.21. The average molecular weight is 244 g/mol. The lowest BCUT2D eigenvalue weighted by Crippen LogP contribution is -2.54. The summed E-state index contributed by atoms with van der Waals surface area (Å²) in [5.41, 5.74) is 0. The first-order valence-corrected chi connectivity index (χ1v) is 5.95. The number of aliphatic carboxylic acids is 1. The van der Waals surface area contributed by atoms with Gasteiger partial charge in [0.05, 0.1) is 19.3 Å². The van der Waals surface area contributed by atoms with E-state index in [0.29, 0.717) is 26.3 Å². The molecule has 1 fully saturated rings. The number of carboxylic acid groups (broad SMARTS) is 1. The minimum absolute atomic E-state index is 0.0547. The number of hydrogen-bond donors (Lipinski definition) is 1. The van der Waals surface area contributed by atoms with Crippen LogP contribution in [0.1, 0.15) is 20.3 Å². The summed E-state index contributed by atoms with van der Waals surface area (Å²) in [4.78, 5) is 25.9. The molecular formula is C11H20N2O4. The van der Waals surface area contributed by atoms with Gasteiger partial charge in [0.15, 0.2) is 0 Å². The summed E-state index contributed by atoms with van der Waals surface area (Å²) in [6.45, 7) is 5.52. The molecule has 98 valence electrons. The standard InChI is InChI=1S/C11H20N2O4/c1-3-9-8-17-6-5-13(9)11(16)12(4-2)7-10(14)15/h9H,3-8H2,1-2H3,(H,14,15). The van der Waals surface area contributed by atoms with E-state index >= 15 is 0 Å². The minimum atomic E-state index is -0.985. The molecule has 1 N–H and O–H groups in total. The van der Waals surface area contributed by atoms with E-state index in [0.717, 1.165) is 6.42 Å². The van der Waals surface area contributed by atoms with Gasteiger partial charge in [0.2, 0.25) is 0 Å². The van der Waals surface area contributed by atoms with Crippen LogP contribution in [0, 0.1) is 0 Å². The molecule has 1 atom stereocenters. The first-order chi connectivity index (χ1) is 8.10. The highest BCUT2D eigenvalue weighted by atomic mass is 16.5. The Balaban J connectivity index is 2.67. The van der Waals surface area contributed by atoms with Crippen LogP contribution >= 0.6 is 0 Å². The van der Waals surface area contributed by atoms with E-state index in [2.05, 4.69) is 0 Å². The molecule has 0 aromatic rings. The van der Waals surface area contributed by atoms with Crippen LogP contribution in [-0.4, -0.2) is 65.8 Å². The zero-order chi connectivity index (χ0) is 12.8. The Labute approximate surface area is 101 Å². The monoisotopic (exact) mass is 244 g/mol. The first-order valence-electron chi connectivity index (χ1n) is 5.95. The molecule has 0 saturated carbocycles. The number of amides is 2. The molecule has 1 unspecified atom stereocenters. The van der Waals surface area contributed by atoms with Gasteiger partial charge < -0.3 is 19.6 Å². The van der Waals surface area contributed by atoms with Gasteiger partial charge in [0.1, 0.15) is 6.54 Å². The second-order valence-corrected chi connectivity index (χ2v) is 4.02. The van der Waals surface area contributed by atoms with Crippen LogP contribution in [-0.2, 0) is 9.53 Å². The quantitative estimate of drug-likeness (QED) is 0.787. The third-order valence-electron chi connectivity index (χ3n) is 2.92. The predicted molar refractivity (Wildman–Crippen MR) is 61.9 cm³/mol. The zero-order valence-corrected chi connectivity index (χ0v) is 10.4. The van der Waals surface area contributed by atoms with E-state index in [-0.39, 0.29) is 18.6 Å². The van der Waals surface area contributed by atoms with Crippen molar-refractivity contribution in [3.8, 4) is 0 Å². The number of carboxylic acids is 1. The van der Waals surface area contributed by atoms with Crippen molar-refractivity contribution in [3.05, 3.63) is 0 Å². The molecule has 2 amide bonds. The number of likely N-dealkylation sites (N-methyl/N-ethyl adjacent to an activating group) is 1. The van der Waals surface area contributed by atoms with Gasteiger partial charge in [-0.2, -0.15) is 0 Å². The number of rotatable bonds is 4. The fourth-order valence-electron chi connectivity index (χ4n) is 1.90. The van der Waals surface area contributed by atoms with Gasteiger partial charge in [-0.1, -0.05) is 6.92 Å². The van der Waals surface area contributed by atoms with Crippen LogP contribution < -0.4 is 0 Å². The number of carbonyl (C=O) groups is 2. The maximum atomic E-state index is 12.2. The topological polar surface area (TPSA) is 70.1 Å². The summed E-state index contributed by atoms with van der Waals surface area (Å²) >= 11 is 0. The number of carbonyl (C=O) groups excluding carboxylic acids is 1. The molecule has 0 bridgehead atoms. The molecule has 1 rings (SSSR count). The van der Waals surface area contributed by atoms with Gasteiger partial charge in [0, 0.05) is 13.1 Å². The van der Waals surface area contributed by atoms with Gasteiger partial charge in [-0.3, -0.25) is 4.79 Å². The Bertz CT molecular complexity index is 283. The highest BCUT2D eigenvalue weighted by Crippen LogP contribution is 2.12.